The van der Waals surface area contributed by atoms with Crippen LogP contribution in [0.5, 0.6) is 0 Å². The first-order chi connectivity index (χ1) is 9.51. The van der Waals surface area contributed by atoms with Crippen LogP contribution in [0.25, 0.3) is 0 Å². The standard InChI is InChI=1S/C11H16N4O4S/c1-9-5-10(19-14-9)6-13-20(17,18)11-7-12-15(8-11)3-2-4-16/h5,7-8,13,16H,2-4,6H2,1H3. The quantitative estimate of drug-likeness (QED) is 0.747. The predicted molar refractivity (Wildman–Crippen MR) is 69.2 cm³/mol. The monoisotopic (exact) mass is 300 g/mol. The largest absolute Gasteiger partial charge is 0.396 e. The molecule has 0 amide bonds. The van der Waals surface area contributed by atoms with Gasteiger partial charge in [-0.2, -0.15) is 5.10 Å². The molecular weight excluding hydrogens is 284 g/mol. The first-order valence-electron chi connectivity index (χ1n) is 6.06. The van der Waals surface area contributed by atoms with Crippen LogP contribution in [0.3, 0.4) is 0 Å². The van der Waals surface area contributed by atoms with Crippen LogP contribution in [0.1, 0.15) is 17.9 Å². The van der Waals surface area contributed by atoms with Crippen molar-refractivity contribution in [2.75, 3.05) is 6.61 Å². The van der Waals surface area contributed by atoms with Crippen molar-refractivity contribution in [3.05, 3.63) is 29.9 Å². The third-order valence-corrected chi connectivity index (χ3v) is 3.93. The molecule has 8 nitrogen and oxygen atoms in total. The second-order valence-corrected chi connectivity index (χ2v) is 6.04. The molecule has 0 aliphatic carbocycles. The van der Waals surface area contributed by atoms with Gasteiger partial charge in [0.05, 0.1) is 18.4 Å². The maximum atomic E-state index is 12.0. The summed E-state index contributed by atoms with van der Waals surface area (Å²) in [5.74, 6) is 0.443. The summed E-state index contributed by atoms with van der Waals surface area (Å²) in [5.41, 5.74) is 0.691. The number of sulfonamides is 1. The van der Waals surface area contributed by atoms with Gasteiger partial charge in [-0.3, -0.25) is 4.68 Å². The van der Waals surface area contributed by atoms with Crippen LogP contribution in [0, 0.1) is 6.92 Å². The smallest absolute Gasteiger partial charge is 0.244 e. The molecule has 2 rings (SSSR count). The molecule has 2 N–H and O–H groups in total. The molecule has 0 aromatic carbocycles. The van der Waals surface area contributed by atoms with E-state index in [0.717, 1.165) is 0 Å². The molecular formula is C11H16N4O4S. The summed E-state index contributed by atoms with van der Waals surface area (Å²) in [4.78, 5) is 0.0756. The molecule has 20 heavy (non-hydrogen) atoms. The van der Waals surface area contributed by atoms with Crippen molar-refractivity contribution in [1.29, 1.82) is 0 Å². The molecule has 0 fully saturated rings. The zero-order valence-corrected chi connectivity index (χ0v) is 11.8. The number of rotatable bonds is 7. The molecule has 0 spiro atoms. The number of aromatic nitrogens is 3. The van der Waals surface area contributed by atoms with Gasteiger partial charge in [0.2, 0.25) is 10.0 Å². The van der Waals surface area contributed by atoms with Crippen molar-refractivity contribution >= 4 is 10.0 Å². The molecule has 0 aliphatic heterocycles. The van der Waals surface area contributed by atoms with E-state index in [2.05, 4.69) is 15.0 Å². The molecule has 0 saturated carbocycles. The van der Waals surface area contributed by atoms with Crippen LogP contribution in [-0.4, -0.2) is 35.1 Å². The van der Waals surface area contributed by atoms with E-state index in [1.165, 1.54) is 17.1 Å². The average Bonchev–Trinajstić information content (AvgIpc) is 3.03. The van der Waals surface area contributed by atoms with Crippen LogP contribution in [-0.2, 0) is 23.1 Å². The molecule has 0 saturated heterocycles. The van der Waals surface area contributed by atoms with E-state index in [4.69, 9.17) is 9.63 Å². The van der Waals surface area contributed by atoms with Crippen LogP contribution in [0.4, 0.5) is 0 Å². The Labute approximate surface area is 116 Å². The number of nitrogens with zero attached hydrogens (tertiary/aromatic N) is 3. The normalized spacial score (nSPS) is 11.9. The van der Waals surface area contributed by atoms with Gasteiger partial charge in [0, 0.05) is 25.4 Å². The number of aliphatic hydroxyl groups is 1. The highest BCUT2D eigenvalue weighted by atomic mass is 32.2. The summed E-state index contributed by atoms with van der Waals surface area (Å²) in [7, 11) is -3.64. The number of nitrogens with one attached hydrogen (secondary N) is 1. The fourth-order valence-electron chi connectivity index (χ4n) is 1.59. The zero-order valence-electron chi connectivity index (χ0n) is 11.0. The third-order valence-electron chi connectivity index (χ3n) is 2.58. The highest BCUT2D eigenvalue weighted by molar-refractivity contribution is 7.89. The highest BCUT2D eigenvalue weighted by Crippen LogP contribution is 2.09. The molecule has 2 aromatic rings. The number of hydrogen-bond donors (Lipinski definition) is 2. The molecule has 0 atom stereocenters. The fraction of sp³-hybridized carbons (Fsp3) is 0.455. The number of hydrogen-bond acceptors (Lipinski definition) is 6. The Balaban J connectivity index is 2.00. The minimum Gasteiger partial charge on any atom is -0.396 e. The molecule has 0 radical (unpaired) electrons. The van der Waals surface area contributed by atoms with E-state index in [0.29, 0.717) is 24.4 Å². The average molecular weight is 300 g/mol. The minimum atomic E-state index is -3.64. The van der Waals surface area contributed by atoms with Crippen LogP contribution < -0.4 is 4.72 Å². The lowest BCUT2D eigenvalue weighted by atomic mass is 10.4. The predicted octanol–water partition coefficient (Wildman–Crippen LogP) is 0.0404. The summed E-state index contributed by atoms with van der Waals surface area (Å²) in [5, 5.41) is 16.3. The van der Waals surface area contributed by atoms with Gasteiger partial charge in [-0.1, -0.05) is 5.16 Å². The maximum absolute atomic E-state index is 12.0. The summed E-state index contributed by atoms with van der Waals surface area (Å²) < 4.78 is 32.9. The van der Waals surface area contributed by atoms with Gasteiger partial charge >= 0.3 is 0 Å². The van der Waals surface area contributed by atoms with Gasteiger partial charge < -0.3 is 9.63 Å². The molecule has 2 aromatic heterocycles. The fourth-order valence-corrected chi connectivity index (χ4v) is 2.53. The zero-order chi connectivity index (χ0) is 14.6. The minimum absolute atomic E-state index is 0.0327. The Morgan fingerprint density at radius 1 is 1.50 bits per heavy atom. The Morgan fingerprint density at radius 3 is 2.95 bits per heavy atom. The third kappa shape index (κ3) is 3.65. The van der Waals surface area contributed by atoms with Crippen molar-refractivity contribution in [2.45, 2.75) is 31.3 Å². The van der Waals surface area contributed by atoms with Gasteiger partial charge in [0.1, 0.15) is 4.90 Å². The number of aliphatic hydroxyl groups excluding tert-OH is 1. The lowest BCUT2D eigenvalue weighted by Gasteiger charge is -2.01. The van der Waals surface area contributed by atoms with Crippen molar-refractivity contribution < 1.29 is 18.0 Å². The lowest BCUT2D eigenvalue weighted by Crippen LogP contribution is -2.22. The SMILES string of the molecule is Cc1cc(CNS(=O)(=O)c2cnn(CCCO)c2)on1. The highest BCUT2D eigenvalue weighted by Gasteiger charge is 2.17. The summed E-state index contributed by atoms with van der Waals surface area (Å²) in [6.45, 7) is 2.29. The number of aryl methyl sites for hydroxylation is 2. The van der Waals surface area contributed by atoms with E-state index >= 15 is 0 Å². The molecule has 2 heterocycles. The van der Waals surface area contributed by atoms with Crippen LogP contribution in [0.2, 0.25) is 0 Å². The Morgan fingerprint density at radius 2 is 2.30 bits per heavy atom. The van der Waals surface area contributed by atoms with E-state index in [9.17, 15) is 8.42 Å². The van der Waals surface area contributed by atoms with E-state index in [1.807, 2.05) is 0 Å². The van der Waals surface area contributed by atoms with Crippen LogP contribution >= 0.6 is 0 Å². The second-order valence-electron chi connectivity index (χ2n) is 4.28. The maximum Gasteiger partial charge on any atom is 0.244 e. The van der Waals surface area contributed by atoms with Crippen molar-refractivity contribution in [3.63, 3.8) is 0 Å². The second kappa shape index (κ2) is 6.16. The topological polar surface area (TPSA) is 110 Å². The van der Waals surface area contributed by atoms with E-state index < -0.39 is 10.0 Å². The first-order valence-corrected chi connectivity index (χ1v) is 7.55. The molecule has 9 heteroatoms. The van der Waals surface area contributed by atoms with E-state index in [1.54, 1.807) is 13.0 Å². The lowest BCUT2D eigenvalue weighted by molar-refractivity contribution is 0.277. The summed E-state index contributed by atoms with van der Waals surface area (Å²) in [6, 6.07) is 1.66. The molecule has 0 aliphatic rings. The van der Waals surface area contributed by atoms with Gasteiger partial charge in [-0.05, 0) is 13.3 Å². The van der Waals surface area contributed by atoms with Gasteiger partial charge in [-0.15, -0.1) is 0 Å². The van der Waals surface area contributed by atoms with Crippen LogP contribution in [0.15, 0.2) is 27.9 Å². The van der Waals surface area contributed by atoms with Gasteiger partial charge in [0.25, 0.3) is 0 Å². The van der Waals surface area contributed by atoms with E-state index in [-0.39, 0.29) is 18.0 Å². The van der Waals surface area contributed by atoms with Crippen molar-refractivity contribution in [1.82, 2.24) is 19.7 Å². The molecule has 0 unspecified atom stereocenters. The molecule has 0 bridgehead atoms. The summed E-state index contributed by atoms with van der Waals surface area (Å²) in [6.07, 6.45) is 3.21. The van der Waals surface area contributed by atoms with Gasteiger partial charge in [0.15, 0.2) is 5.76 Å². The Kier molecular flexibility index (Phi) is 4.53. The first kappa shape index (κ1) is 14.7. The van der Waals surface area contributed by atoms with Crippen molar-refractivity contribution in [2.24, 2.45) is 0 Å². The molecule has 110 valence electrons. The Bertz CT molecular complexity index is 662. The van der Waals surface area contributed by atoms with Gasteiger partial charge in [-0.25, -0.2) is 13.1 Å². The van der Waals surface area contributed by atoms with Crippen molar-refractivity contribution in [3.8, 4) is 0 Å². The summed E-state index contributed by atoms with van der Waals surface area (Å²) >= 11 is 0. The Hall–Kier alpha value is -1.71.